The van der Waals surface area contributed by atoms with Crippen molar-refractivity contribution < 1.29 is 0 Å². The van der Waals surface area contributed by atoms with Crippen LogP contribution in [0.1, 0.15) is 22.6 Å². The van der Waals surface area contributed by atoms with Crippen LogP contribution < -0.4 is 10.6 Å². The third kappa shape index (κ3) is 5.00. The molecule has 0 saturated carbocycles. The Kier molecular flexibility index (Phi) is 7.65. The highest BCUT2D eigenvalue weighted by Gasteiger charge is 2.20. The average molecular weight is 401 g/mol. The quantitative estimate of drug-likeness (QED) is 0.682. The van der Waals surface area contributed by atoms with Crippen LogP contribution in [0.4, 0.5) is 5.69 Å². The predicted octanol–water partition coefficient (Wildman–Crippen LogP) is 4.44. The van der Waals surface area contributed by atoms with Crippen LogP contribution >= 0.6 is 24.8 Å². The van der Waals surface area contributed by atoms with Gasteiger partial charge in [0.1, 0.15) is 0 Å². The number of hydrogen-bond acceptors (Lipinski definition) is 4. The number of para-hydroxylation sites is 1. The third-order valence-electron chi connectivity index (χ3n) is 4.43. The monoisotopic (exact) mass is 400 g/mol. The van der Waals surface area contributed by atoms with E-state index in [0.29, 0.717) is 6.54 Å². The number of nitrogens with one attached hydrogen (secondary N) is 2. The molecular weight excluding hydrogens is 379 g/mol. The molecule has 140 valence electrons. The Balaban J connectivity index is 0.00000131. The van der Waals surface area contributed by atoms with Gasteiger partial charge in [-0.05, 0) is 34.9 Å². The molecule has 3 aromatic rings. The lowest BCUT2D eigenvalue weighted by Crippen LogP contribution is -2.37. The molecule has 1 unspecified atom stereocenters. The second-order valence-electron chi connectivity index (χ2n) is 6.07. The number of rotatable bonds is 3. The molecule has 0 fully saturated rings. The van der Waals surface area contributed by atoms with Crippen molar-refractivity contribution in [2.24, 2.45) is 4.99 Å². The lowest BCUT2D eigenvalue weighted by molar-refractivity contribution is 0.742. The highest BCUT2D eigenvalue weighted by Crippen LogP contribution is 2.33. The fourth-order valence-corrected chi connectivity index (χ4v) is 3.12. The fraction of sp³-hybridized carbons (Fsp3) is 0.143. The van der Waals surface area contributed by atoms with Gasteiger partial charge in [0.25, 0.3) is 0 Å². The summed E-state index contributed by atoms with van der Waals surface area (Å²) in [6.45, 7) is 1.52. The van der Waals surface area contributed by atoms with Gasteiger partial charge in [-0.2, -0.15) is 0 Å². The maximum atomic E-state index is 4.81. The van der Waals surface area contributed by atoms with Crippen molar-refractivity contribution in [2.45, 2.75) is 12.5 Å². The van der Waals surface area contributed by atoms with E-state index in [-0.39, 0.29) is 30.7 Å². The molecule has 0 bridgehead atoms. The normalized spacial score (nSPS) is 15.0. The first kappa shape index (κ1) is 20.7. The largest absolute Gasteiger partial charge is 0.355 e. The number of benzene rings is 2. The predicted molar refractivity (Wildman–Crippen MR) is 115 cm³/mol. The number of aromatic nitrogens is 1. The van der Waals surface area contributed by atoms with Crippen LogP contribution in [0, 0.1) is 0 Å². The van der Waals surface area contributed by atoms with Gasteiger partial charge in [-0.1, -0.05) is 48.5 Å². The van der Waals surface area contributed by atoms with Crippen molar-refractivity contribution in [2.75, 3.05) is 6.54 Å². The summed E-state index contributed by atoms with van der Waals surface area (Å²) in [5.41, 5.74) is 4.74. The molecule has 6 heteroatoms. The van der Waals surface area contributed by atoms with E-state index >= 15 is 0 Å². The molecular formula is C21H22Cl2N4. The topological polar surface area (TPSA) is 49.3 Å². The van der Waals surface area contributed by atoms with E-state index in [0.717, 1.165) is 18.2 Å². The van der Waals surface area contributed by atoms with Crippen LogP contribution in [-0.4, -0.2) is 17.5 Å². The summed E-state index contributed by atoms with van der Waals surface area (Å²) >= 11 is 0. The Bertz CT molecular complexity index is 870. The molecule has 0 spiro atoms. The second-order valence-corrected chi connectivity index (χ2v) is 6.07. The van der Waals surface area contributed by atoms with E-state index in [4.69, 9.17) is 4.99 Å². The van der Waals surface area contributed by atoms with Gasteiger partial charge in [-0.3, -0.25) is 4.98 Å². The first-order valence-corrected chi connectivity index (χ1v) is 8.49. The maximum absolute atomic E-state index is 4.81. The van der Waals surface area contributed by atoms with Crippen LogP contribution in [0.5, 0.6) is 0 Å². The SMILES string of the molecule is Cl.Cl.c1ccc(C2CNC(NCc3ccncc3)=Nc3ccccc32)cc1. The van der Waals surface area contributed by atoms with Gasteiger partial charge < -0.3 is 10.6 Å². The van der Waals surface area contributed by atoms with Crippen molar-refractivity contribution in [3.8, 4) is 0 Å². The number of nitrogens with zero attached hydrogens (tertiary/aromatic N) is 2. The number of pyridine rings is 1. The first-order valence-electron chi connectivity index (χ1n) is 8.49. The molecule has 2 heterocycles. The minimum atomic E-state index is 0. The standard InChI is InChI=1S/C21H20N4.2ClH/c1-2-6-17(7-3-1)19-15-24-21(23-14-16-10-12-22-13-11-16)25-20-9-5-4-8-18(19)20;;/h1-13,19H,14-15H2,(H2,23,24,25);2*1H. The summed E-state index contributed by atoms with van der Waals surface area (Å²) in [5, 5.41) is 6.87. The van der Waals surface area contributed by atoms with E-state index < -0.39 is 0 Å². The van der Waals surface area contributed by atoms with Gasteiger partial charge in [0, 0.05) is 31.4 Å². The van der Waals surface area contributed by atoms with Gasteiger partial charge in [0.05, 0.1) is 5.69 Å². The van der Waals surface area contributed by atoms with E-state index in [9.17, 15) is 0 Å². The lowest BCUT2D eigenvalue weighted by Gasteiger charge is -2.18. The smallest absolute Gasteiger partial charge is 0.196 e. The molecule has 1 aliphatic heterocycles. The fourth-order valence-electron chi connectivity index (χ4n) is 3.12. The van der Waals surface area contributed by atoms with Crippen molar-refractivity contribution in [3.05, 3.63) is 95.8 Å². The van der Waals surface area contributed by atoms with Gasteiger partial charge in [-0.15, -0.1) is 24.8 Å². The first-order chi connectivity index (χ1) is 12.4. The molecule has 0 amide bonds. The summed E-state index contributed by atoms with van der Waals surface area (Å²) in [7, 11) is 0. The summed E-state index contributed by atoms with van der Waals surface area (Å²) in [6, 6.07) is 23.0. The van der Waals surface area contributed by atoms with Gasteiger partial charge in [-0.25, -0.2) is 4.99 Å². The zero-order valence-electron chi connectivity index (χ0n) is 14.7. The van der Waals surface area contributed by atoms with Crippen molar-refractivity contribution in [1.29, 1.82) is 0 Å². The molecule has 0 saturated heterocycles. The van der Waals surface area contributed by atoms with E-state index in [1.807, 2.05) is 18.2 Å². The molecule has 1 aliphatic rings. The highest BCUT2D eigenvalue weighted by molar-refractivity contribution is 5.86. The van der Waals surface area contributed by atoms with E-state index in [1.165, 1.54) is 16.7 Å². The molecule has 0 radical (unpaired) electrons. The molecule has 1 aromatic heterocycles. The van der Waals surface area contributed by atoms with Crippen LogP contribution in [0.2, 0.25) is 0 Å². The summed E-state index contributed by atoms with van der Waals surface area (Å²) in [5.74, 6) is 1.09. The van der Waals surface area contributed by atoms with Crippen molar-refractivity contribution in [1.82, 2.24) is 15.6 Å². The van der Waals surface area contributed by atoms with E-state index in [1.54, 1.807) is 12.4 Å². The van der Waals surface area contributed by atoms with Crippen molar-refractivity contribution in [3.63, 3.8) is 0 Å². The van der Waals surface area contributed by atoms with Crippen LogP contribution in [0.25, 0.3) is 0 Å². The molecule has 2 aromatic carbocycles. The van der Waals surface area contributed by atoms with Crippen molar-refractivity contribution >= 4 is 36.5 Å². The highest BCUT2D eigenvalue weighted by atomic mass is 35.5. The maximum Gasteiger partial charge on any atom is 0.196 e. The molecule has 27 heavy (non-hydrogen) atoms. The Hall–Kier alpha value is -2.56. The number of hydrogen-bond donors (Lipinski definition) is 2. The molecule has 4 nitrogen and oxygen atoms in total. The van der Waals surface area contributed by atoms with Crippen LogP contribution in [0.3, 0.4) is 0 Å². The Morgan fingerprint density at radius 3 is 2.37 bits per heavy atom. The molecule has 4 rings (SSSR count). The zero-order valence-corrected chi connectivity index (χ0v) is 16.3. The van der Waals surface area contributed by atoms with Gasteiger partial charge in [0.2, 0.25) is 0 Å². The summed E-state index contributed by atoms with van der Waals surface area (Å²) in [4.78, 5) is 8.86. The Morgan fingerprint density at radius 1 is 0.889 bits per heavy atom. The van der Waals surface area contributed by atoms with Crippen LogP contribution in [-0.2, 0) is 6.54 Å². The summed E-state index contributed by atoms with van der Waals surface area (Å²) in [6.07, 6.45) is 3.61. The van der Waals surface area contributed by atoms with Crippen LogP contribution in [0.15, 0.2) is 84.1 Å². The third-order valence-corrected chi connectivity index (χ3v) is 4.43. The van der Waals surface area contributed by atoms with E-state index in [2.05, 4.69) is 64.1 Å². The summed E-state index contributed by atoms with van der Waals surface area (Å²) < 4.78 is 0. The molecule has 1 atom stereocenters. The van der Waals surface area contributed by atoms with Gasteiger partial charge in [0.15, 0.2) is 5.96 Å². The minimum absolute atomic E-state index is 0. The van der Waals surface area contributed by atoms with Gasteiger partial charge >= 0.3 is 0 Å². The Labute approximate surface area is 172 Å². The second kappa shape index (κ2) is 9.95. The number of halogens is 2. The lowest BCUT2D eigenvalue weighted by atomic mass is 9.90. The number of guanidine groups is 1. The number of aliphatic imine (C=N–C) groups is 1. The average Bonchev–Trinajstić information content (AvgIpc) is 2.87. The Morgan fingerprint density at radius 2 is 1.59 bits per heavy atom. The minimum Gasteiger partial charge on any atom is -0.355 e. The number of fused-ring (bicyclic) bond motifs is 1. The zero-order chi connectivity index (χ0) is 16.9. The molecule has 2 N–H and O–H groups in total. The molecule has 0 aliphatic carbocycles.